The summed E-state index contributed by atoms with van der Waals surface area (Å²) in [7, 11) is 0. The second-order valence-electron chi connectivity index (χ2n) is 6.07. The van der Waals surface area contributed by atoms with Gasteiger partial charge in [-0.1, -0.05) is 19.3 Å². The van der Waals surface area contributed by atoms with Gasteiger partial charge >= 0.3 is 0 Å². The Balaban J connectivity index is 1.61. The Hall–Kier alpha value is -1.55. The molecule has 0 bridgehead atoms. The minimum absolute atomic E-state index is 0.0215. The Morgan fingerprint density at radius 2 is 2.10 bits per heavy atom. The summed E-state index contributed by atoms with van der Waals surface area (Å²) in [6.45, 7) is 0.735. The number of hydrogen-bond donors (Lipinski definition) is 2. The number of nitrogens with two attached hydrogens (primary N) is 1. The fourth-order valence-corrected chi connectivity index (χ4v) is 3.22. The van der Waals surface area contributed by atoms with E-state index in [9.17, 15) is 4.79 Å². The zero-order chi connectivity index (χ0) is 14.0. The lowest BCUT2D eigenvalue weighted by atomic mass is 9.80. The molecular formula is C16H22N2O2. The van der Waals surface area contributed by atoms with Gasteiger partial charge in [0.15, 0.2) is 0 Å². The van der Waals surface area contributed by atoms with E-state index in [4.69, 9.17) is 10.5 Å². The number of nitrogens with one attached hydrogen (secondary N) is 1. The number of rotatable bonds is 3. The molecule has 1 heterocycles. The molecule has 1 aromatic rings. The summed E-state index contributed by atoms with van der Waals surface area (Å²) in [4.78, 5) is 12.2. The maximum atomic E-state index is 12.2. The van der Waals surface area contributed by atoms with Crippen LogP contribution in [0.4, 0.5) is 5.69 Å². The Bertz CT molecular complexity index is 507. The van der Waals surface area contributed by atoms with E-state index < -0.39 is 0 Å². The molecule has 3 rings (SSSR count). The van der Waals surface area contributed by atoms with E-state index in [0.29, 0.717) is 6.42 Å². The summed E-state index contributed by atoms with van der Waals surface area (Å²) >= 11 is 0. The van der Waals surface area contributed by atoms with Gasteiger partial charge in [0.2, 0.25) is 5.91 Å². The monoisotopic (exact) mass is 274 g/mol. The van der Waals surface area contributed by atoms with Crippen LogP contribution in [-0.2, 0) is 11.2 Å². The lowest BCUT2D eigenvalue weighted by Gasteiger charge is -2.32. The molecule has 1 saturated carbocycles. The maximum absolute atomic E-state index is 12.2. The van der Waals surface area contributed by atoms with Gasteiger partial charge in [0.25, 0.3) is 0 Å². The largest absolute Gasteiger partial charge is 0.493 e. The number of hydrogen-bond acceptors (Lipinski definition) is 3. The van der Waals surface area contributed by atoms with E-state index in [1.807, 2.05) is 18.2 Å². The number of amides is 1. The van der Waals surface area contributed by atoms with Crippen LogP contribution in [0.15, 0.2) is 18.2 Å². The van der Waals surface area contributed by atoms with Crippen LogP contribution in [0.1, 0.15) is 44.1 Å². The molecule has 0 saturated heterocycles. The minimum atomic E-state index is -0.303. The van der Waals surface area contributed by atoms with Gasteiger partial charge in [-0.25, -0.2) is 0 Å². The molecule has 0 spiro atoms. The van der Waals surface area contributed by atoms with Gasteiger partial charge in [0.05, 0.1) is 6.61 Å². The van der Waals surface area contributed by atoms with Crippen LogP contribution in [0, 0.1) is 0 Å². The minimum Gasteiger partial charge on any atom is -0.493 e. The third-order valence-corrected chi connectivity index (χ3v) is 4.34. The quantitative estimate of drug-likeness (QED) is 0.890. The van der Waals surface area contributed by atoms with Crippen molar-refractivity contribution >= 4 is 11.6 Å². The number of fused-ring (bicyclic) bond motifs is 1. The molecule has 1 fully saturated rings. The first kappa shape index (κ1) is 13.4. The van der Waals surface area contributed by atoms with Gasteiger partial charge in [-0.15, -0.1) is 0 Å². The summed E-state index contributed by atoms with van der Waals surface area (Å²) in [5, 5.41) is 2.97. The van der Waals surface area contributed by atoms with Crippen LogP contribution < -0.4 is 15.8 Å². The molecule has 20 heavy (non-hydrogen) atoms. The summed E-state index contributed by atoms with van der Waals surface area (Å²) in [6, 6.07) is 5.83. The van der Waals surface area contributed by atoms with Crippen LogP contribution in [-0.4, -0.2) is 18.1 Å². The SMILES string of the molecule is NC1(CC(=O)Nc2ccc3c(c2)CCO3)CCCCC1. The molecule has 4 heteroatoms. The highest BCUT2D eigenvalue weighted by atomic mass is 16.5. The molecule has 0 unspecified atom stereocenters. The Morgan fingerprint density at radius 3 is 2.90 bits per heavy atom. The Labute approximate surface area is 119 Å². The predicted octanol–water partition coefficient (Wildman–Crippen LogP) is 2.61. The standard InChI is InChI=1S/C16H22N2O2/c17-16(7-2-1-3-8-16)11-15(19)18-13-4-5-14-12(10-13)6-9-20-14/h4-5,10H,1-3,6-9,11,17H2,(H,18,19). The van der Waals surface area contributed by atoms with Crippen molar-refractivity contribution in [2.45, 2.75) is 50.5 Å². The van der Waals surface area contributed by atoms with Crippen molar-refractivity contribution < 1.29 is 9.53 Å². The lowest BCUT2D eigenvalue weighted by Crippen LogP contribution is -2.44. The fourth-order valence-electron chi connectivity index (χ4n) is 3.22. The smallest absolute Gasteiger partial charge is 0.226 e. The van der Waals surface area contributed by atoms with Crippen LogP contribution in [0.25, 0.3) is 0 Å². The fraction of sp³-hybridized carbons (Fsp3) is 0.562. The van der Waals surface area contributed by atoms with E-state index in [1.165, 1.54) is 12.0 Å². The van der Waals surface area contributed by atoms with Crippen molar-refractivity contribution in [3.05, 3.63) is 23.8 Å². The first-order valence-electron chi connectivity index (χ1n) is 7.49. The Kier molecular flexibility index (Phi) is 3.66. The number of carbonyl (C=O) groups is 1. The first-order chi connectivity index (χ1) is 9.65. The normalized spacial score (nSPS) is 20.1. The third-order valence-electron chi connectivity index (χ3n) is 4.34. The van der Waals surface area contributed by atoms with Gasteiger partial charge in [-0.2, -0.15) is 0 Å². The van der Waals surface area contributed by atoms with Crippen LogP contribution in [0.2, 0.25) is 0 Å². The molecule has 0 atom stereocenters. The summed E-state index contributed by atoms with van der Waals surface area (Å²) in [5.74, 6) is 0.957. The molecule has 3 N–H and O–H groups in total. The molecule has 108 valence electrons. The third kappa shape index (κ3) is 2.96. The number of carbonyl (C=O) groups excluding carboxylic acids is 1. The molecule has 1 amide bonds. The van der Waals surface area contributed by atoms with Gasteiger partial charge in [-0.3, -0.25) is 4.79 Å². The van der Waals surface area contributed by atoms with Crippen LogP contribution >= 0.6 is 0 Å². The van der Waals surface area contributed by atoms with Crippen molar-refractivity contribution in [3.8, 4) is 5.75 Å². The van der Waals surface area contributed by atoms with E-state index in [-0.39, 0.29) is 11.4 Å². The molecule has 1 aromatic carbocycles. The van der Waals surface area contributed by atoms with Gasteiger partial charge in [-0.05, 0) is 36.6 Å². The predicted molar refractivity (Wildman–Crippen MR) is 78.9 cm³/mol. The van der Waals surface area contributed by atoms with Crippen LogP contribution in [0.3, 0.4) is 0 Å². The zero-order valence-corrected chi connectivity index (χ0v) is 11.8. The average Bonchev–Trinajstić information content (AvgIpc) is 2.86. The highest BCUT2D eigenvalue weighted by Gasteiger charge is 2.30. The Morgan fingerprint density at radius 1 is 1.30 bits per heavy atom. The molecule has 0 radical (unpaired) electrons. The number of ether oxygens (including phenoxy) is 1. The molecule has 0 aromatic heterocycles. The molecule has 2 aliphatic rings. The van der Waals surface area contributed by atoms with Gasteiger partial charge in [0, 0.05) is 24.1 Å². The molecule has 1 aliphatic carbocycles. The topological polar surface area (TPSA) is 64.4 Å². The van der Waals surface area contributed by atoms with E-state index >= 15 is 0 Å². The highest BCUT2D eigenvalue weighted by molar-refractivity contribution is 5.91. The van der Waals surface area contributed by atoms with Crippen LogP contribution in [0.5, 0.6) is 5.75 Å². The van der Waals surface area contributed by atoms with Crippen molar-refractivity contribution in [2.24, 2.45) is 5.73 Å². The maximum Gasteiger partial charge on any atom is 0.226 e. The zero-order valence-electron chi connectivity index (χ0n) is 11.8. The molecule has 1 aliphatic heterocycles. The molecule has 4 nitrogen and oxygen atoms in total. The highest BCUT2D eigenvalue weighted by Crippen LogP contribution is 2.30. The van der Waals surface area contributed by atoms with Crippen molar-refractivity contribution in [1.82, 2.24) is 0 Å². The second kappa shape index (κ2) is 5.44. The van der Waals surface area contributed by atoms with E-state index in [0.717, 1.165) is 50.1 Å². The van der Waals surface area contributed by atoms with Gasteiger partial charge in [0.1, 0.15) is 5.75 Å². The van der Waals surface area contributed by atoms with Crippen molar-refractivity contribution in [3.63, 3.8) is 0 Å². The average molecular weight is 274 g/mol. The molecular weight excluding hydrogens is 252 g/mol. The summed E-state index contributed by atoms with van der Waals surface area (Å²) in [5.41, 5.74) is 8.03. The number of benzene rings is 1. The van der Waals surface area contributed by atoms with Crippen molar-refractivity contribution in [1.29, 1.82) is 0 Å². The number of anilines is 1. The van der Waals surface area contributed by atoms with Gasteiger partial charge < -0.3 is 15.8 Å². The first-order valence-corrected chi connectivity index (χ1v) is 7.49. The van der Waals surface area contributed by atoms with Crippen molar-refractivity contribution in [2.75, 3.05) is 11.9 Å². The summed E-state index contributed by atoms with van der Waals surface area (Å²) in [6.07, 6.45) is 6.77. The van der Waals surface area contributed by atoms with E-state index in [1.54, 1.807) is 0 Å². The summed E-state index contributed by atoms with van der Waals surface area (Å²) < 4.78 is 5.46. The van der Waals surface area contributed by atoms with E-state index in [2.05, 4.69) is 5.32 Å². The lowest BCUT2D eigenvalue weighted by molar-refractivity contribution is -0.117. The second-order valence-corrected chi connectivity index (χ2v) is 6.07.